The van der Waals surface area contributed by atoms with Crippen LogP contribution in [0.2, 0.25) is 5.02 Å². The Morgan fingerprint density at radius 3 is 2.61 bits per heavy atom. The van der Waals surface area contributed by atoms with Crippen LogP contribution in [0.4, 0.5) is 10.1 Å². The molecule has 1 aromatic heterocycles. The summed E-state index contributed by atoms with van der Waals surface area (Å²) in [6.07, 6.45) is 1.64. The van der Waals surface area contributed by atoms with E-state index in [0.717, 1.165) is 10.5 Å². The molecule has 0 spiro atoms. The van der Waals surface area contributed by atoms with E-state index in [-0.39, 0.29) is 10.9 Å². The minimum absolute atomic E-state index is 0.126. The number of aromatic nitrogens is 1. The number of rotatable bonds is 2. The first-order valence-electron chi connectivity index (χ1n) is 4.77. The Balaban J connectivity index is 2.27. The van der Waals surface area contributed by atoms with E-state index in [0.29, 0.717) is 15.9 Å². The van der Waals surface area contributed by atoms with Crippen LogP contribution in [0.3, 0.4) is 0 Å². The molecule has 0 aliphatic carbocycles. The van der Waals surface area contributed by atoms with E-state index in [2.05, 4.69) is 42.2 Å². The van der Waals surface area contributed by atoms with Crippen molar-refractivity contribution in [3.63, 3.8) is 0 Å². The van der Waals surface area contributed by atoms with Crippen molar-refractivity contribution in [2.45, 2.75) is 0 Å². The average molecular weight is 396 g/mol. The summed E-state index contributed by atoms with van der Waals surface area (Å²) in [5, 5.41) is 2.72. The Morgan fingerprint density at radius 1 is 1.33 bits per heavy atom. The molecule has 1 heterocycles. The quantitative estimate of drug-likeness (QED) is 0.767. The summed E-state index contributed by atoms with van der Waals surface area (Å²) in [6, 6.07) is 3.99. The number of hydrogen-bond acceptors (Lipinski definition) is 1. The fourth-order valence-electron chi connectivity index (χ4n) is 1.34. The molecule has 2 N–H and O–H groups in total. The van der Waals surface area contributed by atoms with Crippen LogP contribution in [0.1, 0.15) is 10.5 Å². The summed E-state index contributed by atoms with van der Waals surface area (Å²) >= 11 is 12.2. The molecule has 0 unspecified atom stereocenters. The number of nitrogens with one attached hydrogen (secondary N) is 2. The van der Waals surface area contributed by atoms with Crippen molar-refractivity contribution in [1.82, 2.24) is 4.98 Å². The molecule has 3 nitrogen and oxygen atoms in total. The maximum atomic E-state index is 13.0. The van der Waals surface area contributed by atoms with Crippen molar-refractivity contribution < 1.29 is 9.18 Å². The van der Waals surface area contributed by atoms with Gasteiger partial charge in [0.15, 0.2) is 0 Å². The predicted octanol–water partition coefficient (Wildman–Crippen LogP) is 4.58. The van der Waals surface area contributed by atoms with E-state index in [1.165, 1.54) is 6.07 Å². The maximum Gasteiger partial charge on any atom is 0.272 e. The number of aromatic amines is 1. The highest BCUT2D eigenvalue weighted by Crippen LogP contribution is 2.32. The predicted molar refractivity (Wildman–Crippen MR) is 75.6 cm³/mol. The van der Waals surface area contributed by atoms with Gasteiger partial charge in [0.2, 0.25) is 0 Å². The average Bonchev–Trinajstić information content (AvgIpc) is 2.70. The van der Waals surface area contributed by atoms with Crippen LogP contribution in [0.25, 0.3) is 0 Å². The molecule has 7 heteroatoms. The van der Waals surface area contributed by atoms with Crippen LogP contribution in [-0.2, 0) is 0 Å². The van der Waals surface area contributed by atoms with Crippen molar-refractivity contribution in [2.24, 2.45) is 0 Å². The van der Waals surface area contributed by atoms with Gasteiger partial charge in [0.1, 0.15) is 11.5 Å². The van der Waals surface area contributed by atoms with Crippen molar-refractivity contribution in [3.8, 4) is 0 Å². The molecule has 1 aromatic carbocycles. The Bertz CT molecular complexity index is 592. The van der Waals surface area contributed by atoms with E-state index in [1.54, 1.807) is 12.3 Å². The highest BCUT2D eigenvalue weighted by Gasteiger charge is 2.13. The van der Waals surface area contributed by atoms with Crippen molar-refractivity contribution in [1.29, 1.82) is 0 Å². The molecular weight excluding hydrogens is 390 g/mol. The Kier molecular flexibility index (Phi) is 4.09. The lowest BCUT2D eigenvalue weighted by Gasteiger charge is -2.08. The number of hydrogen-bond donors (Lipinski definition) is 2. The van der Waals surface area contributed by atoms with Crippen LogP contribution >= 0.6 is 43.5 Å². The van der Waals surface area contributed by atoms with E-state index in [1.807, 2.05) is 0 Å². The van der Waals surface area contributed by atoms with Gasteiger partial charge in [-0.25, -0.2) is 4.39 Å². The summed E-state index contributed by atoms with van der Waals surface area (Å²) < 4.78 is 14.2. The maximum absolute atomic E-state index is 13.0. The zero-order chi connectivity index (χ0) is 13.3. The molecule has 94 valence electrons. The van der Waals surface area contributed by atoms with Crippen molar-refractivity contribution in [2.75, 3.05) is 5.32 Å². The summed E-state index contributed by atoms with van der Waals surface area (Å²) in [7, 11) is 0. The lowest BCUT2D eigenvalue weighted by Crippen LogP contribution is -2.13. The summed E-state index contributed by atoms with van der Waals surface area (Å²) in [5.41, 5.74) is 0.697. The molecule has 18 heavy (non-hydrogen) atoms. The van der Waals surface area contributed by atoms with Gasteiger partial charge < -0.3 is 10.3 Å². The highest BCUT2D eigenvalue weighted by molar-refractivity contribution is 9.10. The van der Waals surface area contributed by atoms with Gasteiger partial charge in [0.25, 0.3) is 5.91 Å². The minimum atomic E-state index is -0.479. The van der Waals surface area contributed by atoms with Crippen LogP contribution in [-0.4, -0.2) is 10.9 Å². The molecule has 0 saturated heterocycles. The molecule has 0 saturated carbocycles. The molecular formula is C11H6Br2ClFN2O. The zero-order valence-electron chi connectivity index (χ0n) is 8.73. The first-order chi connectivity index (χ1) is 8.47. The second kappa shape index (κ2) is 5.42. The summed E-state index contributed by atoms with van der Waals surface area (Å²) in [6.45, 7) is 0. The SMILES string of the molecule is O=C(Nc1c(Cl)cc(F)cc1Br)c1cc(Br)c[nH]1. The van der Waals surface area contributed by atoms with Crippen LogP contribution in [0.15, 0.2) is 33.3 Å². The van der Waals surface area contributed by atoms with Gasteiger partial charge >= 0.3 is 0 Å². The Labute approximate surface area is 124 Å². The number of carbonyl (C=O) groups is 1. The van der Waals surface area contributed by atoms with E-state index >= 15 is 0 Å². The number of amides is 1. The molecule has 0 aliphatic rings. The van der Waals surface area contributed by atoms with Crippen LogP contribution < -0.4 is 5.32 Å². The topological polar surface area (TPSA) is 44.9 Å². The largest absolute Gasteiger partial charge is 0.356 e. The van der Waals surface area contributed by atoms with Crippen molar-refractivity contribution in [3.05, 3.63) is 49.9 Å². The van der Waals surface area contributed by atoms with Crippen molar-refractivity contribution >= 4 is 55.1 Å². The molecule has 0 aliphatic heterocycles. The first kappa shape index (κ1) is 13.6. The van der Waals surface area contributed by atoms with Gasteiger partial charge in [0, 0.05) is 15.1 Å². The second-order valence-electron chi connectivity index (χ2n) is 3.43. The molecule has 2 aromatic rings. The van der Waals surface area contributed by atoms with Gasteiger partial charge in [-0.2, -0.15) is 0 Å². The van der Waals surface area contributed by atoms with E-state index < -0.39 is 5.82 Å². The lowest BCUT2D eigenvalue weighted by atomic mass is 10.3. The number of carbonyl (C=O) groups excluding carboxylic acids is 1. The third kappa shape index (κ3) is 2.93. The molecule has 0 radical (unpaired) electrons. The smallest absolute Gasteiger partial charge is 0.272 e. The number of benzene rings is 1. The molecule has 2 rings (SSSR count). The normalized spacial score (nSPS) is 10.4. The third-order valence-electron chi connectivity index (χ3n) is 2.14. The van der Waals surface area contributed by atoms with Gasteiger partial charge in [-0.1, -0.05) is 11.6 Å². The van der Waals surface area contributed by atoms with Crippen LogP contribution in [0, 0.1) is 5.82 Å². The third-order valence-corrected chi connectivity index (χ3v) is 3.52. The first-order valence-corrected chi connectivity index (χ1v) is 6.73. The van der Waals surface area contributed by atoms with Crippen LogP contribution in [0.5, 0.6) is 0 Å². The number of halogens is 4. The lowest BCUT2D eigenvalue weighted by molar-refractivity contribution is 0.102. The fraction of sp³-hybridized carbons (Fsp3) is 0. The van der Waals surface area contributed by atoms with E-state index in [9.17, 15) is 9.18 Å². The zero-order valence-corrected chi connectivity index (χ0v) is 12.7. The minimum Gasteiger partial charge on any atom is -0.356 e. The van der Waals surface area contributed by atoms with E-state index in [4.69, 9.17) is 11.6 Å². The molecule has 0 atom stereocenters. The second-order valence-corrected chi connectivity index (χ2v) is 5.61. The molecule has 0 fully saturated rings. The Hall–Kier alpha value is -0.850. The summed E-state index contributed by atoms with van der Waals surface area (Å²) in [4.78, 5) is 14.7. The number of H-pyrrole nitrogens is 1. The standard InChI is InChI=1S/C11H6Br2ClFN2O/c12-5-1-9(16-4-5)11(18)17-10-7(13)2-6(15)3-8(10)14/h1-4,16H,(H,17,18). The fourth-order valence-corrected chi connectivity index (χ4v) is 2.58. The number of anilines is 1. The van der Waals surface area contributed by atoms with Gasteiger partial charge in [-0.3, -0.25) is 4.79 Å². The monoisotopic (exact) mass is 394 g/mol. The van der Waals surface area contributed by atoms with Gasteiger partial charge in [-0.15, -0.1) is 0 Å². The summed E-state index contributed by atoms with van der Waals surface area (Å²) in [5.74, 6) is -0.845. The van der Waals surface area contributed by atoms with Gasteiger partial charge in [0.05, 0.1) is 10.7 Å². The Morgan fingerprint density at radius 2 is 2.06 bits per heavy atom. The molecule has 1 amide bonds. The molecule has 0 bridgehead atoms. The van der Waals surface area contributed by atoms with Gasteiger partial charge in [-0.05, 0) is 50.1 Å². The highest BCUT2D eigenvalue weighted by atomic mass is 79.9.